The van der Waals surface area contributed by atoms with Gasteiger partial charge in [-0.2, -0.15) is 0 Å². The first kappa shape index (κ1) is 14.4. The van der Waals surface area contributed by atoms with E-state index in [9.17, 15) is 8.42 Å². The van der Waals surface area contributed by atoms with E-state index in [1.54, 1.807) is 30.5 Å². The van der Waals surface area contributed by atoms with Crippen molar-refractivity contribution in [3.63, 3.8) is 0 Å². The molecule has 0 amide bonds. The van der Waals surface area contributed by atoms with Crippen LogP contribution in [0.2, 0.25) is 0 Å². The average Bonchev–Trinajstić information content (AvgIpc) is 2.48. The van der Waals surface area contributed by atoms with Gasteiger partial charge in [0.2, 0.25) is 0 Å². The molecular weight excluding hydrogens is 350 g/mol. The van der Waals surface area contributed by atoms with Crippen LogP contribution in [0.4, 0.5) is 0 Å². The molecule has 0 N–H and O–H groups in total. The molecule has 0 aliphatic carbocycles. The van der Waals surface area contributed by atoms with Crippen molar-refractivity contribution in [2.24, 2.45) is 0 Å². The van der Waals surface area contributed by atoms with E-state index in [0.29, 0.717) is 11.4 Å². The summed E-state index contributed by atoms with van der Waals surface area (Å²) >= 11 is 3.45. The van der Waals surface area contributed by atoms with Gasteiger partial charge >= 0.3 is 0 Å². The Morgan fingerprint density at radius 1 is 1.10 bits per heavy atom. The molecule has 0 atom stereocenters. The number of hydrogen-bond donors (Lipinski definition) is 0. The van der Waals surface area contributed by atoms with Crippen molar-refractivity contribution >= 4 is 31.5 Å². The molecule has 1 heterocycles. The summed E-state index contributed by atoms with van der Waals surface area (Å²) in [5.74, 6) is 0. The number of nitrogens with zero attached hydrogens (tertiary/aromatic N) is 1. The number of allylic oxidation sites excluding steroid dienone is 1. The van der Waals surface area contributed by atoms with E-state index < -0.39 is 10.0 Å². The predicted octanol–water partition coefficient (Wildman–Crippen LogP) is 4.01. The second kappa shape index (κ2) is 5.31. The largest absolute Gasteiger partial charge is 0.269 e. The van der Waals surface area contributed by atoms with Gasteiger partial charge in [0, 0.05) is 10.7 Å². The standard InChI is InChI=1S/C16H14BrNO2S/c1-12-10-18(11-13-7-8-14(17)9-16(12)13)21(19,20)15-5-3-2-4-6-15/h2-10H,11H2,1H3. The minimum atomic E-state index is -3.50. The van der Waals surface area contributed by atoms with Crippen LogP contribution >= 0.6 is 15.9 Å². The van der Waals surface area contributed by atoms with Crippen LogP contribution in [0.3, 0.4) is 0 Å². The lowest BCUT2D eigenvalue weighted by Crippen LogP contribution is -2.28. The third-order valence-corrected chi connectivity index (χ3v) is 5.72. The van der Waals surface area contributed by atoms with Gasteiger partial charge in [-0.05, 0) is 47.9 Å². The number of rotatable bonds is 2. The SMILES string of the molecule is CC1=CN(S(=O)(=O)c2ccccc2)Cc2ccc(Br)cc21. The summed E-state index contributed by atoms with van der Waals surface area (Å²) < 4.78 is 27.8. The first-order valence-electron chi connectivity index (χ1n) is 6.52. The first-order valence-corrected chi connectivity index (χ1v) is 8.76. The van der Waals surface area contributed by atoms with Crippen LogP contribution in [-0.4, -0.2) is 12.7 Å². The Labute approximate surface area is 133 Å². The van der Waals surface area contributed by atoms with E-state index >= 15 is 0 Å². The molecule has 3 nitrogen and oxygen atoms in total. The van der Waals surface area contributed by atoms with Crippen molar-refractivity contribution in [1.82, 2.24) is 4.31 Å². The maximum atomic E-state index is 12.7. The van der Waals surface area contributed by atoms with Gasteiger partial charge in [0.15, 0.2) is 0 Å². The molecule has 0 fully saturated rings. The van der Waals surface area contributed by atoms with Crippen molar-refractivity contribution in [3.8, 4) is 0 Å². The zero-order chi connectivity index (χ0) is 15.0. The number of benzene rings is 2. The highest BCUT2D eigenvalue weighted by Gasteiger charge is 2.26. The fraction of sp³-hybridized carbons (Fsp3) is 0.125. The molecule has 1 aliphatic heterocycles. The summed E-state index contributed by atoms with van der Waals surface area (Å²) in [6, 6.07) is 14.4. The molecular formula is C16H14BrNO2S. The van der Waals surface area contributed by atoms with E-state index in [2.05, 4.69) is 15.9 Å². The molecule has 1 aliphatic rings. The van der Waals surface area contributed by atoms with E-state index in [4.69, 9.17) is 0 Å². The Balaban J connectivity index is 2.04. The van der Waals surface area contributed by atoms with Gasteiger partial charge in [0.25, 0.3) is 10.0 Å². The van der Waals surface area contributed by atoms with Gasteiger partial charge in [-0.25, -0.2) is 8.42 Å². The van der Waals surface area contributed by atoms with Crippen molar-refractivity contribution in [2.75, 3.05) is 0 Å². The molecule has 0 aromatic heterocycles. The van der Waals surface area contributed by atoms with Gasteiger partial charge < -0.3 is 0 Å². The van der Waals surface area contributed by atoms with Crippen LogP contribution < -0.4 is 0 Å². The fourth-order valence-corrected chi connectivity index (χ4v) is 4.17. The van der Waals surface area contributed by atoms with Crippen LogP contribution in [0.5, 0.6) is 0 Å². The molecule has 0 saturated carbocycles. The molecule has 5 heteroatoms. The zero-order valence-corrected chi connectivity index (χ0v) is 13.9. The molecule has 2 aromatic carbocycles. The Hall–Kier alpha value is -1.59. The van der Waals surface area contributed by atoms with Crippen molar-refractivity contribution < 1.29 is 8.42 Å². The van der Waals surface area contributed by atoms with Crippen LogP contribution in [0, 0.1) is 0 Å². The summed E-state index contributed by atoms with van der Waals surface area (Å²) in [5.41, 5.74) is 3.04. The van der Waals surface area contributed by atoms with E-state index in [1.807, 2.05) is 31.2 Å². The Morgan fingerprint density at radius 3 is 2.52 bits per heavy atom. The number of hydrogen-bond acceptors (Lipinski definition) is 2. The summed E-state index contributed by atoms with van der Waals surface area (Å²) in [7, 11) is -3.50. The highest BCUT2D eigenvalue weighted by atomic mass is 79.9. The Morgan fingerprint density at radius 2 is 1.81 bits per heavy atom. The number of sulfonamides is 1. The molecule has 0 spiro atoms. The predicted molar refractivity (Wildman–Crippen MR) is 87.0 cm³/mol. The zero-order valence-electron chi connectivity index (χ0n) is 11.5. The van der Waals surface area contributed by atoms with Crippen molar-refractivity contribution in [1.29, 1.82) is 0 Å². The average molecular weight is 364 g/mol. The van der Waals surface area contributed by atoms with Gasteiger partial charge in [-0.3, -0.25) is 4.31 Å². The fourth-order valence-electron chi connectivity index (χ4n) is 2.43. The smallest absolute Gasteiger partial charge is 0.264 e. The van der Waals surface area contributed by atoms with E-state index in [0.717, 1.165) is 21.2 Å². The molecule has 2 aromatic rings. The van der Waals surface area contributed by atoms with Crippen LogP contribution in [0.25, 0.3) is 5.57 Å². The van der Waals surface area contributed by atoms with E-state index in [1.165, 1.54) is 4.31 Å². The van der Waals surface area contributed by atoms with Gasteiger partial charge in [0.1, 0.15) is 0 Å². The third kappa shape index (κ3) is 2.63. The second-order valence-electron chi connectivity index (χ2n) is 4.98. The molecule has 0 bridgehead atoms. The van der Waals surface area contributed by atoms with Crippen molar-refractivity contribution in [2.45, 2.75) is 18.4 Å². The lowest BCUT2D eigenvalue weighted by Gasteiger charge is -2.27. The third-order valence-electron chi connectivity index (χ3n) is 3.51. The van der Waals surface area contributed by atoms with E-state index in [-0.39, 0.29) is 0 Å². The van der Waals surface area contributed by atoms with Crippen LogP contribution in [0.15, 0.2) is 64.1 Å². The Kier molecular flexibility index (Phi) is 3.63. The molecule has 0 saturated heterocycles. The number of fused-ring (bicyclic) bond motifs is 1. The van der Waals surface area contributed by atoms with Crippen LogP contribution in [-0.2, 0) is 16.6 Å². The maximum Gasteiger partial charge on any atom is 0.264 e. The normalized spacial score (nSPS) is 14.6. The summed E-state index contributed by atoms with van der Waals surface area (Å²) in [6.07, 6.45) is 1.71. The van der Waals surface area contributed by atoms with Crippen LogP contribution in [0.1, 0.15) is 18.1 Å². The topological polar surface area (TPSA) is 37.4 Å². The lowest BCUT2D eigenvalue weighted by molar-refractivity contribution is 0.492. The summed E-state index contributed by atoms with van der Waals surface area (Å²) in [6.45, 7) is 2.29. The van der Waals surface area contributed by atoms with Crippen molar-refractivity contribution in [3.05, 3.63) is 70.3 Å². The molecule has 3 rings (SSSR count). The molecule has 0 unspecified atom stereocenters. The minimum Gasteiger partial charge on any atom is -0.269 e. The quantitative estimate of drug-likeness (QED) is 0.807. The minimum absolute atomic E-state index is 0.314. The second-order valence-corrected chi connectivity index (χ2v) is 7.78. The number of halogens is 1. The first-order chi connectivity index (χ1) is 9.98. The molecule has 0 radical (unpaired) electrons. The highest BCUT2D eigenvalue weighted by Crippen LogP contribution is 2.31. The maximum absolute atomic E-state index is 12.7. The molecule has 21 heavy (non-hydrogen) atoms. The summed E-state index contributed by atoms with van der Waals surface area (Å²) in [5, 5.41) is 0. The molecule has 108 valence electrons. The monoisotopic (exact) mass is 363 g/mol. The van der Waals surface area contributed by atoms with Gasteiger partial charge in [-0.1, -0.05) is 40.2 Å². The summed E-state index contributed by atoms with van der Waals surface area (Å²) in [4.78, 5) is 0.314. The Bertz CT molecular complexity index is 813. The lowest BCUT2D eigenvalue weighted by atomic mass is 9.99. The highest BCUT2D eigenvalue weighted by molar-refractivity contribution is 9.10. The van der Waals surface area contributed by atoms with Gasteiger partial charge in [0.05, 0.1) is 11.4 Å². The van der Waals surface area contributed by atoms with Gasteiger partial charge in [-0.15, -0.1) is 0 Å².